The van der Waals surface area contributed by atoms with Crippen LogP contribution in [0, 0.1) is 5.82 Å². The molecular weight excluding hydrogens is 570 g/mol. The fourth-order valence-electron chi connectivity index (χ4n) is 3.53. The number of halogens is 3. The van der Waals surface area contributed by atoms with E-state index in [0.717, 1.165) is 30.3 Å². The van der Waals surface area contributed by atoms with E-state index in [4.69, 9.17) is 42.5 Å². The maximum absolute atomic E-state index is 15.5. The summed E-state index contributed by atoms with van der Waals surface area (Å²) < 4.78 is 31.3. The molecular formula is C27H27Cl2FN2O6S. The van der Waals surface area contributed by atoms with Crippen molar-refractivity contribution < 1.29 is 33.3 Å². The third kappa shape index (κ3) is 7.77. The molecule has 0 aliphatic carbocycles. The van der Waals surface area contributed by atoms with Gasteiger partial charge in [0.15, 0.2) is 5.13 Å². The summed E-state index contributed by atoms with van der Waals surface area (Å²) in [6, 6.07) is 7.64. The molecule has 1 unspecified atom stereocenters. The highest BCUT2D eigenvalue weighted by Gasteiger charge is 2.21. The lowest BCUT2D eigenvalue weighted by Crippen LogP contribution is -2.13. The number of anilines is 1. The van der Waals surface area contributed by atoms with E-state index in [1.54, 1.807) is 23.6 Å². The first-order valence-corrected chi connectivity index (χ1v) is 13.5. The van der Waals surface area contributed by atoms with Crippen LogP contribution in [0.2, 0.25) is 10.0 Å². The second kappa shape index (κ2) is 14.4. The zero-order chi connectivity index (χ0) is 28.5. The molecule has 0 spiro atoms. The van der Waals surface area contributed by atoms with Crippen molar-refractivity contribution in [3.63, 3.8) is 0 Å². The molecule has 8 nitrogen and oxygen atoms in total. The van der Waals surface area contributed by atoms with Gasteiger partial charge in [-0.2, -0.15) is 0 Å². The normalized spacial score (nSPS) is 12.3. The number of carboxylic acid groups (broad SMARTS) is 1. The second-order valence-electron chi connectivity index (χ2n) is 8.23. The molecule has 3 rings (SSSR count). The number of hydrogen-bond donors (Lipinski definition) is 2. The van der Waals surface area contributed by atoms with Crippen molar-refractivity contribution in [2.45, 2.75) is 25.9 Å². The fraction of sp³-hybridized carbons (Fsp3) is 0.296. The summed E-state index contributed by atoms with van der Waals surface area (Å²) in [6.07, 6.45) is 2.48. The molecule has 0 saturated carbocycles. The van der Waals surface area contributed by atoms with E-state index in [9.17, 15) is 9.59 Å². The minimum absolute atomic E-state index is 0.0496. The first-order valence-electron chi connectivity index (χ1n) is 11.8. The number of benzene rings is 2. The summed E-state index contributed by atoms with van der Waals surface area (Å²) >= 11 is 13.6. The number of ether oxygens (including phenoxy) is 3. The van der Waals surface area contributed by atoms with Gasteiger partial charge < -0.3 is 19.3 Å². The average molecular weight is 597 g/mol. The zero-order valence-corrected chi connectivity index (χ0v) is 23.8. The first-order chi connectivity index (χ1) is 18.7. The SMILES string of the molecule is CCCCOCC(OC)c1cccc(-c2csc(NC(=O)c3cc(Cl)c(/C=C(\OC)C(=O)O)c(Cl)c3)n2)c1F. The quantitative estimate of drug-likeness (QED) is 0.123. The van der Waals surface area contributed by atoms with Crippen molar-refractivity contribution in [1.29, 1.82) is 0 Å². The van der Waals surface area contributed by atoms with Gasteiger partial charge in [0, 0.05) is 41.4 Å². The number of amides is 1. The van der Waals surface area contributed by atoms with Gasteiger partial charge in [-0.05, 0) is 30.7 Å². The van der Waals surface area contributed by atoms with Crippen LogP contribution in [0.25, 0.3) is 17.3 Å². The number of rotatable bonds is 13. The summed E-state index contributed by atoms with van der Waals surface area (Å²) in [5, 5.41) is 13.8. The van der Waals surface area contributed by atoms with Gasteiger partial charge in [-0.25, -0.2) is 14.2 Å². The molecule has 2 N–H and O–H groups in total. The Balaban J connectivity index is 1.79. The third-order valence-electron chi connectivity index (χ3n) is 5.62. The molecule has 1 atom stereocenters. The van der Waals surface area contributed by atoms with Crippen molar-refractivity contribution >= 4 is 57.6 Å². The highest BCUT2D eigenvalue weighted by Crippen LogP contribution is 2.33. The molecule has 208 valence electrons. The van der Waals surface area contributed by atoms with Gasteiger partial charge in [-0.3, -0.25) is 10.1 Å². The monoisotopic (exact) mass is 596 g/mol. The Bertz CT molecular complexity index is 1340. The molecule has 2 aromatic carbocycles. The molecule has 0 radical (unpaired) electrons. The molecule has 0 saturated heterocycles. The second-order valence-corrected chi connectivity index (χ2v) is 9.90. The molecule has 3 aromatic rings. The Labute approximate surface area is 239 Å². The minimum Gasteiger partial charge on any atom is -0.490 e. The van der Waals surface area contributed by atoms with E-state index in [-0.39, 0.29) is 44.2 Å². The van der Waals surface area contributed by atoms with Crippen molar-refractivity contribution in [3.8, 4) is 11.3 Å². The van der Waals surface area contributed by atoms with Crippen molar-refractivity contribution in [2.24, 2.45) is 0 Å². The summed E-state index contributed by atoms with van der Waals surface area (Å²) in [6.45, 7) is 2.85. The summed E-state index contributed by atoms with van der Waals surface area (Å²) in [5.41, 5.74) is 1.25. The summed E-state index contributed by atoms with van der Waals surface area (Å²) in [5.74, 6) is -2.71. The highest BCUT2D eigenvalue weighted by molar-refractivity contribution is 7.14. The van der Waals surface area contributed by atoms with Crippen LogP contribution in [0.1, 0.15) is 47.4 Å². The van der Waals surface area contributed by atoms with E-state index in [1.807, 2.05) is 0 Å². The minimum atomic E-state index is -1.30. The van der Waals surface area contributed by atoms with Gasteiger partial charge >= 0.3 is 5.97 Å². The van der Waals surface area contributed by atoms with Crippen LogP contribution >= 0.6 is 34.5 Å². The van der Waals surface area contributed by atoms with Crippen LogP contribution in [0.3, 0.4) is 0 Å². The summed E-state index contributed by atoms with van der Waals surface area (Å²) in [4.78, 5) is 28.4. The van der Waals surface area contributed by atoms with Crippen LogP contribution in [0.15, 0.2) is 41.5 Å². The van der Waals surface area contributed by atoms with Crippen LogP contribution in [0.5, 0.6) is 0 Å². The molecule has 0 fully saturated rings. The molecule has 0 aliphatic rings. The van der Waals surface area contributed by atoms with E-state index in [0.29, 0.717) is 17.9 Å². The fourth-order valence-corrected chi connectivity index (χ4v) is 4.84. The maximum atomic E-state index is 15.5. The molecule has 12 heteroatoms. The molecule has 1 heterocycles. The molecule has 0 aliphatic heterocycles. The standard InChI is InChI=1S/C27H27Cl2FN2O6S/c1-4-5-9-38-13-23(37-3)17-8-6-7-16(24(17)30)21-14-39-27(31-21)32-25(33)15-10-19(28)18(20(29)11-15)12-22(36-2)26(34)35/h6-8,10-12,14,23H,4-5,9,13H2,1-3H3,(H,34,35)(H,31,32,33)/b22-12-. The Morgan fingerprint density at radius 3 is 2.56 bits per heavy atom. The van der Waals surface area contributed by atoms with E-state index < -0.39 is 23.8 Å². The number of carboxylic acids is 1. The first kappa shape index (κ1) is 30.5. The van der Waals surface area contributed by atoms with Gasteiger partial charge in [0.25, 0.3) is 5.91 Å². The lowest BCUT2D eigenvalue weighted by molar-refractivity contribution is -0.135. The average Bonchev–Trinajstić information content (AvgIpc) is 3.36. The number of aliphatic carboxylic acids is 1. The van der Waals surface area contributed by atoms with Crippen LogP contribution in [-0.2, 0) is 19.0 Å². The predicted molar refractivity (Wildman–Crippen MR) is 150 cm³/mol. The highest BCUT2D eigenvalue weighted by atomic mass is 35.5. The topological polar surface area (TPSA) is 107 Å². The maximum Gasteiger partial charge on any atom is 0.371 e. The van der Waals surface area contributed by atoms with E-state index in [1.165, 1.54) is 26.4 Å². The van der Waals surface area contributed by atoms with Crippen molar-refractivity contribution in [3.05, 3.63) is 74.0 Å². The zero-order valence-electron chi connectivity index (χ0n) is 21.4. The van der Waals surface area contributed by atoms with Crippen LogP contribution in [0.4, 0.5) is 9.52 Å². The molecule has 39 heavy (non-hydrogen) atoms. The van der Waals surface area contributed by atoms with Gasteiger partial charge in [-0.15, -0.1) is 11.3 Å². The Morgan fingerprint density at radius 1 is 1.23 bits per heavy atom. The van der Waals surface area contributed by atoms with Gasteiger partial charge in [-0.1, -0.05) is 48.7 Å². The number of carbonyl (C=O) groups excluding carboxylic acids is 1. The van der Waals surface area contributed by atoms with E-state index in [2.05, 4.69) is 17.2 Å². The number of hydrogen-bond acceptors (Lipinski definition) is 7. The van der Waals surface area contributed by atoms with Crippen LogP contribution in [-0.4, -0.2) is 49.4 Å². The van der Waals surface area contributed by atoms with Gasteiger partial charge in [0.2, 0.25) is 5.76 Å². The molecule has 1 aromatic heterocycles. The van der Waals surface area contributed by atoms with Gasteiger partial charge in [0.05, 0.1) is 29.5 Å². The lowest BCUT2D eigenvalue weighted by atomic mass is 10.0. The lowest BCUT2D eigenvalue weighted by Gasteiger charge is -2.17. The Kier molecular flexibility index (Phi) is 11.3. The Morgan fingerprint density at radius 2 is 1.95 bits per heavy atom. The van der Waals surface area contributed by atoms with Gasteiger partial charge in [0.1, 0.15) is 11.9 Å². The summed E-state index contributed by atoms with van der Waals surface area (Å²) in [7, 11) is 2.70. The number of nitrogens with one attached hydrogen (secondary N) is 1. The predicted octanol–water partition coefficient (Wildman–Crippen LogP) is 7.08. The number of thiazole rings is 1. The largest absolute Gasteiger partial charge is 0.490 e. The smallest absolute Gasteiger partial charge is 0.371 e. The van der Waals surface area contributed by atoms with Crippen molar-refractivity contribution in [1.82, 2.24) is 4.98 Å². The third-order valence-corrected chi connectivity index (χ3v) is 7.00. The number of nitrogens with zero attached hydrogens (tertiary/aromatic N) is 1. The van der Waals surface area contributed by atoms with E-state index >= 15 is 4.39 Å². The number of unbranched alkanes of at least 4 members (excludes halogenated alkanes) is 1. The Hall–Kier alpha value is -3.02. The van der Waals surface area contributed by atoms with Crippen molar-refractivity contribution in [2.75, 3.05) is 32.8 Å². The van der Waals surface area contributed by atoms with Crippen LogP contribution < -0.4 is 5.32 Å². The molecule has 1 amide bonds. The number of aromatic nitrogens is 1. The number of methoxy groups -OCH3 is 2. The number of carbonyl (C=O) groups is 2. The molecule has 0 bridgehead atoms.